The zero-order valence-electron chi connectivity index (χ0n) is 12.4. The quantitative estimate of drug-likeness (QED) is 0.631. The number of nitrogens with zero attached hydrogens (tertiary/aromatic N) is 1. The van der Waals surface area contributed by atoms with Gasteiger partial charge in [-0.05, 0) is 37.3 Å². The molecule has 0 bridgehead atoms. The fraction of sp³-hybridized carbons (Fsp3) is 0.188. The number of alkyl halides is 3. The number of hydrogen-bond donors (Lipinski definition) is 2. The lowest BCUT2D eigenvalue weighted by Crippen LogP contribution is -2.13. The lowest BCUT2D eigenvalue weighted by Gasteiger charge is -2.16. The number of benzene rings is 1. The first-order chi connectivity index (χ1) is 10.8. The number of nitrogens with one attached hydrogen (secondary N) is 1. The van der Waals surface area contributed by atoms with Crippen molar-refractivity contribution in [2.24, 2.45) is 0 Å². The van der Waals surface area contributed by atoms with Gasteiger partial charge in [-0.25, -0.2) is 4.98 Å². The number of nitrogens with two attached hydrogens (primary N) is 1. The molecular weight excluding hydrogens is 307 g/mol. The number of nitrogen functional groups attached to an aromatic ring is 1. The third kappa shape index (κ3) is 4.15. The van der Waals surface area contributed by atoms with Gasteiger partial charge < -0.3 is 15.8 Å². The number of hydrogen-bond acceptors (Lipinski definition) is 4. The Kier molecular flexibility index (Phi) is 4.78. The van der Waals surface area contributed by atoms with Gasteiger partial charge in [0.2, 0.25) is 0 Å². The standard InChI is InChI=1S/C16H16F3N3O/c1-3-23-10(2)13-7-8-14(22-15(13)16(17,18)19)21-12-6-4-5-11(20)9-12/h4-9H,2-3,20H2,1H3,(H,21,22). The van der Waals surface area contributed by atoms with Gasteiger partial charge in [0, 0.05) is 16.9 Å². The Labute approximate surface area is 131 Å². The monoisotopic (exact) mass is 323 g/mol. The number of aromatic nitrogens is 1. The molecule has 4 nitrogen and oxygen atoms in total. The normalized spacial score (nSPS) is 11.1. The number of ether oxygens (including phenoxy) is 1. The Morgan fingerprint density at radius 3 is 2.65 bits per heavy atom. The van der Waals surface area contributed by atoms with E-state index in [1.54, 1.807) is 31.2 Å². The second kappa shape index (κ2) is 6.60. The second-order valence-electron chi connectivity index (χ2n) is 4.70. The Bertz CT molecular complexity index is 714. The van der Waals surface area contributed by atoms with Crippen molar-refractivity contribution in [2.45, 2.75) is 13.1 Å². The van der Waals surface area contributed by atoms with Gasteiger partial charge in [-0.2, -0.15) is 13.2 Å². The molecule has 0 spiro atoms. The van der Waals surface area contributed by atoms with Crippen molar-refractivity contribution in [1.82, 2.24) is 4.98 Å². The first-order valence-electron chi connectivity index (χ1n) is 6.84. The molecule has 2 aromatic rings. The Balaban J connectivity index is 2.38. The third-order valence-corrected chi connectivity index (χ3v) is 2.94. The molecule has 0 radical (unpaired) electrons. The molecule has 7 heteroatoms. The van der Waals surface area contributed by atoms with Crippen molar-refractivity contribution in [3.05, 3.63) is 54.2 Å². The molecule has 0 aliphatic carbocycles. The highest BCUT2D eigenvalue weighted by atomic mass is 19.4. The molecule has 0 fully saturated rings. The summed E-state index contributed by atoms with van der Waals surface area (Å²) in [4.78, 5) is 3.65. The molecule has 0 atom stereocenters. The molecule has 0 saturated heterocycles. The summed E-state index contributed by atoms with van der Waals surface area (Å²) in [7, 11) is 0. The summed E-state index contributed by atoms with van der Waals surface area (Å²) in [5, 5.41) is 2.79. The molecule has 122 valence electrons. The van der Waals surface area contributed by atoms with E-state index in [9.17, 15) is 13.2 Å². The van der Waals surface area contributed by atoms with Gasteiger partial charge in [-0.1, -0.05) is 12.6 Å². The van der Waals surface area contributed by atoms with Gasteiger partial charge in [-0.15, -0.1) is 0 Å². The van der Waals surface area contributed by atoms with Crippen molar-refractivity contribution in [3.8, 4) is 0 Å². The number of pyridine rings is 1. The lowest BCUT2D eigenvalue weighted by atomic mass is 10.1. The minimum atomic E-state index is -4.62. The molecule has 0 amide bonds. The predicted octanol–water partition coefficient (Wildman–Crippen LogP) is 4.43. The van der Waals surface area contributed by atoms with E-state index in [2.05, 4.69) is 16.9 Å². The molecule has 0 unspecified atom stereocenters. The Morgan fingerprint density at radius 2 is 2.04 bits per heavy atom. The van der Waals surface area contributed by atoms with Gasteiger partial charge in [0.15, 0.2) is 5.69 Å². The SMILES string of the molecule is C=C(OCC)c1ccc(Nc2cccc(N)c2)nc1C(F)(F)F. The molecule has 0 aliphatic heterocycles. The third-order valence-electron chi connectivity index (χ3n) is 2.94. The molecule has 1 aromatic heterocycles. The van der Waals surface area contributed by atoms with E-state index >= 15 is 0 Å². The van der Waals surface area contributed by atoms with Crippen molar-refractivity contribution >= 4 is 23.0 Å². The van der Waals surface area contributed by atoms with Crippen LogP contribution in [0.25, 0.3) is 5.76 Å². The Hall–Kier alpha value is -2.70. The fourth-order valence-electron chi connectivity index (χ4n) is 1.99. The van der Waals surface area contributed by atoms with E-state index in [-0.39, 0.29) is 23.7 Å². The van der Waals surface area contributed by atoms with Crippen LogP contribution in [0.4, 0.5) is 30.4 Å². The predicted molar refractivity (Wildman–Crippen MR) is 84.0 cm³/mol. The van der Waals surface area contributed by atoms with Gasteiger partial charge in [0.25, 0.3) is 0 Å². The summed E-state index contributed by atoms with van der Waals surface area (Å²) in [6.45, 7) is 5.40. The van der Waals surface area contributed by atoms with Crippen LogP contribution in [0.15, 0.2) is 43.0 Å². The van der Waals surface area contributed by atoms with Gasteiger partial charge >= 0.3 is 6.18 Å². The van der Waals surface area contributed by atoms with Crippen molar-refractivity contribution in [3.63, 3.8) is 0 Å². The van der Waals surface area contributed by atoms with Crippen LogP contribution in [-0.4, -0.2) is 11.6 Å². The van der Waals surface area contributed by atoms with E-state index < -0.39 is 11.9 Å². The molecule has 0 saturated carbocycles. The van der Waals surface area contributed by atoms with Crippen LogP contribution in [0.5, 0.6) is 0 Å². The van der Waals surface area contributed by atoms with Gasteiger partial charge in [0.1, 0.15) is 11.6 Å². The maximum absolute atomic E-state index is 13.2. The zero-order valence-corrected chi connectivity index (χ0v) is 12.4. The van der Waals surface area contributed by atoms with Gasteiger partial charge in [0.05, 0.1) is 6.61 Å². The fourth-order valence-corrected chi connectivity index (χ4v) is 1.99. The summed E-state index contributed by atoms with van der Waals surface area (Å²) < 4.78 is 44.7. The molecule has 0 aliphatic rings. The van der Waals surface area contributed by atoms with E-state index in [0.717, 1.165) is 0 Å². The first kappa shape index (κ1) is 16.7. The average Bonchev–Trinajstić information content (AvgIpc) is 2.46. The largest absolute Gasteiger partial charge is 0.494 e. The summed E-state index contributed by atoms with van der Waals surface area (Å²) in [6, 6.07) is 9.35. The summed E-state index contributed by atoms with van der Waals surface area (Å²) in [6.07, 6.45) is -4.62. The number of anilines is 3. The minimum Gasteiger partial charge on any atom is -0.494 e. The topological polar surface area (TPSA) is 60.2 Å². The summed E-state index contributed by atoms with van der Waals surface area (Å²) >= 11 is 0. The molecule has 2 rings (SSSR count). The van der Waals surface area contributed by atoms with Crippen LogP contribution < -0.4 is 11.1 Å². The maximum atomic E-state index is 13.2. The van der Waals surface area contributed by atoms with Gasteiger partial charge in [-0.3, -0.25) is 0 Å². The number of halogens is 3. The van der Waals surface area contributed by atoms with Crippen LogP contribution >= 0.6 is 0 Å². The van der Waals surface area contributed by atoms with E-state index in [1.807, 2.05) is 0 Å². The molecule has 1 aromatic carbocycles. The number of rotatable bonds is 5. The molecule has 1 heterocycles. The van der Waals surface area contributed by atoms with Crippen LogP contribution in [-0.2, 0) is 10.9 Å². The highest BCUT2D eigenvalue weighted by Crippen LogP contribution is 2.34. The maximum Gasteiger partial charge on any atom is 0.434 e. The van der Waals surface area contributed by atoms with Crippen LogP contribution in [0.3, 0.4) is 0 Å². The highest BCUT2D eigenvalue weighted by Gasteiger charge is 2.36. The summed E-state index contributed by atoms with van der Waals surface area (Å²) in [5.41, 5.74) is 5.44. The first-order valence-corrected chi connectivity index (χ1v) is 6.84. The van der Waals surface area contributed by atoms with Crippen LogP contribution in [0.2, 0.25) is 0 Å². The van der Waals surface area contributed by atoms with Crippen molar-refractivity contribution in [2.75, 3.05) is 17.7 Å². The summed E-state index contributed by atoms with van der Waals surface area (Å²) in [5.74, 6) is -0.0150. The van der Waals surface area contributed by atoms with Crippen LogP contribution in [0.1, 0.15) is 18.2 Å². The minimum absolute atomic E-state index is 0.0518. The van der Waals surface area contributed by atoms with E-state index in [4.69, 9.17) is 10.5 Å². The van der Waals surface area contributed by atoms with Crippen molar-refractivity contribution in [1.29, 1.82) is 0 Å². The zero-order chi connectivity index (χ0) is 17.0. The molecular formula is C16H16F3N3O. The lowest BCUT2D eigenvalue weighted by molar-refractivity contribution is -0.141. The smallest absolute Gasteiger partial charge is 0.434 e. The van der Waals surface area contributed by atoms with E-state index in [1.165, 1.54) is 12.1 Å². The highest BCUT2D eigenvalue weighted by molar-refractivity contribution is 5.65. The van der Waals surface area contributed by atoms with Crippen LogP contribution in [0, 0.1) is 0 Å². The molecule has 23 heavy (non-hydrogen) atoms. The van der Waals surface area contributed by atoms with Crippen molar-refractivity contribution < 1.29 is 17.9 Å². The Morgan fingerprint density at radius 1 is 1.30 bits per heavy atom. The average molecular weight is 323 g/mol. The molecule has 3 N–H and O–H groups in total. The van der Waals surface area contributed by atoms with E-state index in [0.29, 0.717) is 11.4 Å². The second-order valence-corrected chi connectivity index (χ2v) is 4.70.